The molecule has 0 bridgehead atoms. The van der Waals surface area contributed by atoms with Crippen LogP contribution in [0.1, 0.15) is 19.8 Å². The van der Waals surface area contributed by atoms with Crippen LogP contribution in [0.3, 0.4) is 0 Å². The van der Waals surface area contributed by atoms with E-state index in [9.17, 15) is 4.79 Å². The molecule has 1 saturated heterocycles. The number of carbonyl (C=O) groups is 1. The summed E-state index contributed by atoms with van der Waals surface area (Å²) in [6.07, 6.45) is 6.67. The standard InChI is InChI=1S/C9H13NO2/c1-3-6-10-9(11)8-5-4-7(2)12-8/h1,7-8H,4-6H2,2H3,(H,10,11). The molecule has 3 nitrogen and oxygen atoms in total. The molecule has 0 radical (unpaired) electrons. The van der Waals surface area contributed by atoms with E-state index in [1.54, 1.807) is 0 Å². The Morgan fingerprint density at radius 1 is 1.75 bits per heavy atom. The van der Waals surface area contributed by atoms with E-state index in [0.29, 0.717) is 0 Å². The van der Waals surface area contributed by atoms with Gasteiger partial charge in [-0.2, -0.15) is 0 Å². The maximum absolute atomic E-state index is 11.2. The lowest BCUT2D eigenvalue weighted by atomic mass is 10.2. The Kier molecular flexibility index (Phi) is 3.12. The third-order valence-corrected chi connectivity index (χ3v) is 1.89. The Morgan fingerprint density at radius 2 is 2.50 bits per heavy atom. The number of terminal acetylenes is 1. The van der Waals surface area contributed by atoms with Gasteiger partial charge in [0.25, 0.3) is 0 Å². The first-order chi connectivity index (χ1) is 5.74. The molecular formula is C9H13NO2. The van der Waals surface area contributed by atoms with Crippen LogP contribution in [0.2, 0.25) is 0 Å². The number of carbonyl (C=O) groups excluding carboxylic acids is 1. The molecule has 12 heavy (non-hydrogen) atoms. The van der Waals surface area contributed by atoms with Crippen LogP contribution in [0, 0.1) is 12.3 Å². The summed E-state index contributed by atoms with van der Waals surface area (Å²) < 4.78 is 5.34. The zero-order valence-electron chi connectivity index (χ0n) is 7.17. The number of amides is 1. The number of ether oxygens (including phenoxy) is 1. The molecule has 0 aromatic rings. The predicted octanol–water partition coefficient (Wildman–Crippen LogP) is 0.303. The van der Waals surface area contributed by atoms with E-state index in [2.05, 4.69) is 11.2 Å². The molecule has 0 spiro atoms. The van der Waals surface area contributed by atoms with Gasteiger partial charge < -0.3 is 10.1 Å². The van der Waals surface area contributed by atoms with Crippen molar-refractivity contribution in [2.24, 2.45) is 0 Å². The normalized spacial score (nSPS) is 28.0. The Hall–Kier alpha value is -1.01. The van der Waals surface area contributed by atoms with Gasteiger partial charge in [0, 0.05) is 0 Å². The first kappa shape index (κ1) is 9.08. The maximum Gasteiger partial charge on any atom is 0.249 e. The molecule has 66 valence electrons. The first-order valence-corrected chi connectivity index (χ1v) is 4.10. The zero-order chi connectivity index (χ0) is 8.97. The third-order valence-electron chi connectivity index (χ3n) is 1.89. The fourth-order valence-corrected chi connectivity index (χ4v) is 1.25. The summed E-state index contributed by atoms with van der Waals surface area (Å²) in [5.74, 6) is 2.26. The van der Waals surface area contributed by atoms with Crippen LogP contribution in [-0.2, 0) is 9.53 Å². The number of hydrogen-bond donors (Lipinski definition) is 1. The number of nitrogens with one attached hydrogen (secondary N) is 1. The van der Waals surface area contributed by atoms with Crippen LogP contribution in [0.5, 0.6) is 0 Å². The van der Waals surface area contributed by atoms with Gasteiger partial charge in [-0.25, -0.2) is 0 Å². The Bertz CT molecular complexity index is 207. The first-order valence-electron chi connectivity index (χ1n) is 4.10. The van der Waals surface area contributed by atoms with Crippen molar-refractivity contribution in [3.63, 3.8) is 0 Å². The van der Waals surface area contributed by atoms with Gasteiger partial charge in [0.1, 0.15) is 6.10 Å². The van der Waals surface area contributed by atoms with Crippen LogP contribution >= 0.6 is 0 Å². The van der Waals surface area contributed by atoms with Crippen LogP contribution in [0.25, 0.3) is 0 Å². The minimum atomic E-state index is -0.284. The molecular weight excluding hydrogens is 154 g/mol. The van der Waals surface area contributed by atoms with Crippen molar-refractivity contribution in [1.82, 2.24) is 5.32 Å². The topological polar surface area (TPSA) is 38.3 Å². The van der Waals surface area contributed by atoms with Crippen molar-refractivity contribution in [3.8, 4) is 12.3 Å². The van der Waals surface area contributed by atoms with E-state index in [1.807, 2.05) is 6.92 Å². The summed E-state index contributed by atoms with van der Waals surface area (Å²) in [5.41, 5.74) is 0. The Labute approximate surface area is 72.5 Å². The highest BCUT2D eigenvalue weighted by Gasteiger charge is 2.27. The average molecular weight is 167 g/mol. The van der Waals surface area contributed by atoms with Crippen molar-refractivity contribution in [2.75, 3.05) is 6.54 Å². The maximum atomic E-state index is 11.2. The minimum Gasteiger partial charge on any atom is -0.365 e. The van der Waals surface area contributed by atoms with Crippen LogP contribution < -0.4 is 5.32 Å². The molecule has 2 unspecified atom stereocenters. The molecule has 1 heterocycles. The molecule has 3 heteroatoms. The van der Waals surface area contributed by atoms with Crippen molar-refractivity contribution in [3.05, 3.63) is 0 Å². The SMILES string of the molecule is C#CCNC(=O)C1CCC(C)O1. The summed E-state index contributed by atoms with van der Waals surface area (Å²) in [6, 6.07) is 0. The molecule has 1 amide bonds. The minimum absolute atomic E-state index is 0.0858. The highest BCUT2D eigenvalue weighted by Crippen LogP contribution is 2.18. The van der Waals surface area contributed by atoms with E-state index in [1.165, 1.54) is 0 Å². The van der Waals surface area contributed by atoms with E-state index < -0.39 is 0 Å². The van der Waals surface area contributed by atoms with E-state index in [0.717, 1.165) is 12.8 Å². The van der Waals surface area contributed by atoms with Crippen molar-refractivity contribution in [2.45, 2.75) is 32.0 Å². The molecule has 1 aliphatic heterocycles. The smallest absolute Gasteiger partial charge is 0.249 e. The number of rotatable bonds is 2. The summed E-state index contributed by atoms with van der Waals surface area (Å²) >= 11 is 0. The molecule has 0 saturated carbocycles. The second kappa shape index (κ2) is 4.13. The Morgan fingerprint density at radius 3 is 3.00 bits per heavy atom. The quantitative estimate of drug-likeness (QED) is 0.601. The molecule has 1 fully saturated rings. The molecule has 2 atom stereocenters. The summed E-state index contributed by atoms with van der Waals surface area (Å²) in [7, 11) is 0. The van der Waals surface area contributed by atoms with Crippen LogP contribution in [0.4, 0.5) is 0 Å². The summed E-state index contributed by atoms with van der Waals surface area (Å²) in [6.45, 7) is 2.25. The zero-order valence-corrected chi connectivity index (χ0v) is 7.17. The lowest BCUT2D eigenvalue weighted by Gasteiger charge is -2.09. The van der Waals surface area contributed by atoms with Gasteiger partial charge in [-0.1, -0.05) is 5.92 Å². The van der Waals surface area contributed by atoms with Crippen molar-refractivity contribution >= 4 is 5.91 Å². The summed E-state index contributed by atoms with van der Waals surface area (Å²) in [5, 5.41) is 2.59. The van der Waals surface area contributed by atoms with Crippen LogP contribution in [-0.4, -0.2) is 24.7 Å². The van der Waals surface area contributed by atoms with E-state index >= 15 is 0 Å². The third kappa shape index (κ3) is 2.24. The van der Waals surface area contributed by atoms with Gasteiger partial charge in [0.15, 0.2) is 0 Å². The monoisotopic (exact) mass is 167 g/mol. The highest BCUT2D eigenvalue weighted by atomic mass is 16.5. The van der Waals surface area contributed by atoms with Gasteiger partial charge in [0.05, 0.1) is 12.6 Å². The van der Waals surface area contributed by atoms with Gasteiger partial charge in [-0.05, 0) is 19.8 Å². The van der Waals surface area contributed by atoms with Gasteiger partial charge in [-0.3, -0.25) is 4.79 Å². The van der Waals surface area contributed by atoms with Gasteiger partial charge >= 0.3 is 0 Å². The van der Waals surface area contributed by atoms with Gasteiger partial charge in [-0.15, -0.1) is 6.42 Å². The molecule has 0 aromatic carbocycles. The van der Waals surface area contributed by atoms with Crippen LogP contribution in [0.15, 0.2) is 0 Å². The largest absolute Gasteiger partial charge is 0.365 e. The second-order valence-corrected chi connectivity index (χ2v) is 2.93. The van der Waals surface area contributed by atoms with Crippen molar-refractivity contribution < 1.29 is 9.53 Å². The molecule has 0 aromatic heterocycles. The molecule has 1 aliphatic rings. The van der Waals surface area contributed by atoms with Gasteiger partial charge in [0.2, 0.25) is 5.91 Å². The molecule has 0 aliphatic carbocycles. The predicted molar refractivity (Wildman–Crippen MR) is 45.4 cm³/mol. The fraction of sp³-hybridized carbons (Fsp3) is 0.667. The highest BCUT2D eigenvalue weighted by molar-refractivity contribution is 5.81. The second-order valence-electron chi connectivity index (χ2n) is 2.93. The lowest BCUT2D eigenvalue weighted by Crippen LogP contribution is -2.34. The van der Waals surface area contributed by atoms with Crippen molar-refractivity contribution in [1.29, 1.82) is 0 Å². The fourth-order valence-electron chi connectivity index (χ4n) is 1.25. The lowest BCUT2D eigenvalue weighted by molar-refractivity contribution is -0.131. The molecule has 1 rings (SSSR count). The molecule has 1 N–H and O–H groups in total. The van der Waals surface area contributed by atoms with E-state index in [-0.39, 0.29) is 24.7 Å². The summed E-state index contributed by atoms with van der Waals surface area (Å²) in [4.78, 5) is 11.2. The Balaban J connectivity index is 2.29. The van der Waals surface area contributed by atoms with E-state index in [4.69, 9.17) is 11.2 Å². The number of hydrogen-bond acceptors (Lipinski definition) is 2. The average Bonchev–Trinajstić information content (AvgIpc) is 2.47.